The zero-order valence-electron chi connectivity index (χ0n) is 13.4. The normalized spacial score (nSPS) is 16.7. The van der Waals surface area contributed by atoms with Crippen LogP contribution in [0.2, 0.25) is 0 Å². The molecule has 1 heterocycles. The molecule has 7 heteroatoms. The van der Waals surface area contributed by atoms with Crippen molar-refractivity contribution in [3.05, 3.63) is 29.8 Å². The number of urea groups is 1. The number of carbonyl (C=O) groups is 3. The number of carbonyl (C=O) groups excluding carboxylic acids is 3. The van der Waals surface area contributed by atoms with Crippen LogP contribution in [0, 0.1) is 6.92 Å². The van der Waals surface area contributed by atoms with Crippen molar-refractivity contribution in [2.75, 3.05) is 13.1 Å². The van der Waals surface area contributed by atoms with Crippen molar-refractivity contribution in [1.82, 2.24) is 10.2 Å². The van der Waals surface area contributed by atoms with Gasteiger partial charge in [-0.2, -0.15) is 0 Å². The van der Waals surface area contributed by atoms with Gasteiger partial charge in [-0.05, 0) is 32.9 Å². The molecule has 0 spiro atoms. The summed E-state index contributed by atoms with van der Waals surface area (Å²) in [4.78, 5) is 37.7. The number of benzene rings is 1. The van der Waals surface area contributed by atoms with Crippen LogP contribution in [0.5, 0.6) is 0 Å². The van der Waals surface area contributed by atoms with Crippen LogP contribution in [0.25, 0.3) is 0 Å². The first-order chi connectivity index (χ1) is 10.9. The van der Waals surface area contributed by atoms with Crippen LogP contribution in [0.15, 0.2) is 29.2 Å². The highest BCUT2D eigenvalue weighted by Gasteiger charge is 2.32. The smallest absolute Gasteiger partial charge is 0.324 e. The van der Waals surface area contributed by atoms with Crippen LogP contribution in [0.1, 0.15) is 19.4 Å². The van der Waals surface area contributed by atoms with Gasteiger partial charge in [0, 0.05) is 18.0 Å². The van der Waals surface area contributed by atoms with Crippen molar-refractivity contribution >= 4 is 29.7 Å². The minimum atomic E-state index is -0.979. The topological polar surface area (TPSA) is 75.7 Å². The van der Waals surface area contributed by atoms with Crippen LogP contribution < -0.4 is 5.32 Å². The molecular formula is C16H20N2O4S. The van der Waals surface area contributed by atoms with E-state index in [1.54, 1.807) is 6.92 Å². The quantitative estimate of drug-likeness (QED) is 0.657. The maximum absolute atomic E-state index is 12.1. The zero-order chi connectivity index (χ0) is 17.0. The Hall–Kier alpha value is -2.02. The molecule has 2 atom stereocenters. The standard InChI is InChI=1S/C16H20N2O4S/c1-10-4-6-13(7-5-10)23-12(3)15(20)22-11(2)14(19)18-9-8-17-16(18)21/h4-7,11-12H,8-9H2,1-3H3,(H,17,21)/t11-,12-/m1/s1. The number of aryl methyl sites for hydroxylation is 1. The number of imide groups is 1. The number of nitrogens with one attached hydrogen (secondary N) is 1. The van der Waals surface area contributed by atoms with E-state index in [-0.39, 0.29) is 0 Å². The lowest BCUT2D eigenvalue weighted by molar-refractivity contribution is -0.156. The largest absolute Gasteiger partial charge is 0.452 e. The van der Waals surface area contributed by atoms with Crippen molar-refractivity contribution in [2.45, 2.75) is 37.0 Å². The summed E-state index contributed by atoms with van der Waals surface area (Å²) in [6, 6.07) is 7.37. The molecule has 1 aromatic rings. The molecule has 1 N–H and O–H groups in total. The number of hydrogen-bond acceptors (Lipinski definition) is 5. The lowest BCUT2D eigenvalue weighted by atomic mass is 10.2. The Morgan fingerprint density at radius 3 is 2.48 bits per heavy atom. The summed E-state index contributed by atoms with van der Waals surface area (Å²) in [5, 5.41) is 2.10. The summed E-state index contributed by atoms with van der Waals surface area (Å²) in [6.07, 6.45) is -0.979. The monoisotopic (exact) mass is 336 g/mol. The molecular weight excluding hydrogens is 316 g/mol. The molecule has 1 saturated heterocycles. The molecule has 1 aromatic carbocycles. The Morgan fingerprint density at radius 1 is 1.26 bits per heavy atom. The van der Waals surface area contributed by atoms with E-state index < -0.39 is 29.3 Å². The fraction of sp³-hybridized carbons (Fsp3) is 0.438. The maximum Gasteiger partial charge on any atom is 0.324 e. The van der Waals surface area contributed by atoms with Gasteiger partial charge in [0.25, 0.3) is 5.91 Å². The van der Waals surface area contributed by atoms with Gasteiger partial charge in [0.1, 0.15) is 5.25 Å². The van der Waals surface area contributed by atoms with Gasteiger partial charge >= 0.3 is 12.0 Å². The van der Waals surface area contributed by atoms with E-state index in [0.717, 1.165) is 15.4 Å². The lowest BCUT2D eigenvalue weighted by Crippen LogP contribution is -2.42. The van der Waals surface area contributed by atoms with Crippen LogP contribution in [0.3, 0.4) is 0 Å². The predicted molar refractivity (Wildman–Crippen MR) is 87.2 cm³/mol. The number of rotatable bonds is 5. The van der Waals surface area contributed by atoms with Gasteiger partial charge in [0.2, 0.25) is 0 Å². The molecule has 0 unspecified atom stereocenters. The Kier molecular flexibility index (Phi) is 5.65. The van der Waals surface area contributed by atoms with Gasteiger partial charge in [-0.15, -0.1) is 11.8 Å². The Morgan fingerprint density at radius 2 is 1.91 bits per heavy atom. The third-order valence-electron chi connectivity index (χ3n) is 3.43. The third-order valence-corrected chi connectivity index (χ3v) is 4.52. The average Bonchev–Trinajstić information content (AvgIpc) is 2.94. The molecule has 0 bridgehead atoms. The molecule has 1 aliphatic rings. The fourth-order valence-corrected chi connectivity index (χ4v) is 2.94. The fourth-order valence-electron chi connectivity index (χ4n) is 2.09. The summed E-state index contributed by atoms with van der Waals surface area (Å²) in [7, 11) is 0. The van der Waals surface area contributed by atoms with Crippen molar-refractivity contribution in [3.8, 4) is 0 Å². The minimum absolute atomic E-state index is 0.299. The molecule has 2 rings (SSSR count). The molecule has 6 nitrogen and oxygen atoms in total. The summed E-state index contributed by atoms with van der Waals surface area (Å²) < 4.78 is 5.20. The van der Waals surface area contributed by atoms with Gasteiger partial charge in [0.05, 0.1) is 0 Å². The Bertz CT molecular complexity index is 603. The summed E-state index contributed by atoms with van der Waals surface area (Å²) in [5.74, 6) is -0.975. The molecule has 1 aliphatic heterocycles. The second kappa shape index (κ2) is 7.50. The SMILES string of the molecule is Cc1ccc(S[C@H](C)C(=O)O[C@H](C)C(=O)N2CCNC2=O)cc1. The van der Waals surface area contributed by atoms with Crippen LogP contribution in [-0.4, -0.2) is 47.3 Å². The van der Waals surface area contributed by atoms with Gasteiger partial charge in [-0.1, -0.05) is 17.7 Å². The van der Waals surface area contributed by atoms with E-state index in [0.29, 0.717) is 13.1 Å². The van der Waals surface area contributed by atoms with Crippen LogP contribution >= 0.6 is 11.8 Å². The first-order valence-corrected chi connectivity index (χ1v) is 8.29. The first kappa shape index (κ1) is 17.3. The average molecular weight is 336 g/mol. The number of amides is 3. The predicted octanol–water partition coefficient (Wildman–Crippen LogP) is 1.96. The number of nitrogens with zero attached hydrogens (tertiary/aromatic N) is 1. The molecule has 3 amide bonds. The first-order valence-electron chi connectivity index (χ1n) is 7.41. The molecule has 23 heavy (non-hydrogen) atoms. The van der Waals surface area contributed by atoms with Gasteiger partial charge in [0.15, 0.2) is 6.10 Å². The van der Waals surface area contributed by atoms with Crippen molar-refractivity contribution in [2.24, 2.45) is 0 Å². The zero-order valence-corrected chi connectivity index (χ0v) is 14.2. The highest BCUT2D eigenvalue weighted by Crippen LogP contribution is 2.24. The Labute approximate surface area is 139 Å². The van der Waals surface area contributed by atoms with Crippen molar-refractivity contribution in [1.29, 1.82) is 0 Å². The number of esters is 1. The number of thioether (sulfide) groups is 1. The van der Waals surface area contributed by atoms with Crippen LogP contribution in [-0.2, 0) is 14.3 Å². The maximum atomic E-state index is 12.1. The van der Waals surface area contributed by atoms with E-state index in [4.69, 9.17) is 4.74 Å². The molecule has 0 aliphatic carbocycles. The number of ether oxygens (including phenoxy) is 1. The van der Waals surface area contributed by atoms with Crippen molar-refractivity contribution in [3.63, 3.8) is 0 Å². The molecule has 1 fully saturated rings. The van der Waals surface area contributed by atoms with Gasteiger partial charge in [-0.3, -0.25) is 14.5 Å². The van der Waals surface area contributed by atoms with E-state index in [9.17, 15) is 14.4 Å². The summed E-state index contributed by atoms with van der Waals surface area (Å²) >= 11 is 1.37. The van der Waals surface area contributed by atoms with E-state index >= 15 is 0 Å². The van der Waals surface area contributed by atoms with Crippen molar-refractivity contribution < 1.29 is 19.1 Å². The molecule has 124 valence electrons. The molecule has 0 aromatic heterocycles. The molecule has 0 saturated carbocycles. The highest BCUT2D eigenvalue weighted by atomic mass is 32.2. The second-order valence-corrected chi connectivity index (χ2v) is 6.79. The van der Waals surface area contributed by atoms with E-state index in [1.165, 1.54) is 18.7 Å². The van der Waals surface area contributed by atoms with Gasteiger partial charge < -0.3 is 10.1 Å². The third kappa shape index (κ3) is 4.48. The molecule has 0 radical (unpaired) electrons. The van der Waals surface area contributed by atoms with Gasteiger partial charge in [-0.25, -0.2) is 4.79 Å². The number of hydrogen-bond donors (Lipinski definition) is 1. The highest BCUT2D eigenvalue weighted by molar-refractivity contribution is 8.00. The van der Waals surface area contributed by atoms with E-state index in [2.05, 4.69) is 5.32 Å². The van der Waals surface area contributed by atoms with Crippen LogP contribution in [0.4, 0.5) is 4.79 Å². The second-order valence-electron chi connectivity index (χ2n) is 5.37. The summed E-state index contributed by atoms with van der Waals surface area (Å²) in [6.45, 7) is 5.92. The summed E-state index contributed by atoms with van der Waals surface area (Å²) in [5.41, 5.74) is 1.15. The Balaban J connectivity index is 1.88. The minimum Gasteiger partial charge on any atom is -0.452 e. The lowest BCUT2D eigenvalue weighted by Gasteiger charge is -2.19. The van der Waals surface area contributed by atoms with E-state index in [1.807, 2.05) is 31.2 Å².